The summed E-state index contributed by atoms with van der Waals surface area (Å²) in [6.07, 6.45) is 3.73. The van der Waals surface area contributed by atoms with Crippen molar-refractivity contribution in [2.24, 2.45) is 0 Å². The summed E-state index contributed by atoms with van der Waals surface area (Å²) >= 11 is 3.20. The Morgan fingerprint density at radius 2 is 2.44 bits per heavy atom. The summed E-state index contributed by atoms with van der Waals surface area (Å²) in [5.74, 6) is 0.484. The fourth-order valence-corrected chi connectivity index (χ4v) is 2.34. The van der Waals surface area contributed by atoms with Crippen LogP contribution in [-0.2, 0) is 0 Å². The first-order chi connectivity index (χ1) is 7.59. The first kappa shape index (κ1) is 11.3. The van der Waals surface area contributed by atoms with Gasteiger partial charge in [-0.05, 0) is 35.7 Å². The zero-order chi connectivity index (χ0) is 11.7. The molecule has 0 spiro atoms. The van der Waals surface area contributed by atoms with E-state index in [1.54, 1.807) is 6.20 Å². The Balaban J connectivity index is 2.43. The zero-order valence-corrected chi connectivity index (χ0v) is 10.5. The van der Waals surface area contributed by atoms with Gasteiger partial charge in [-0.25, -0.2) is 4.98 Å². The summed E-state index contributed by atoms with van der Waals surface area (Å²) in [5, 5.41) is 11.0. The molecule has 1 aliphatic heterocycles. The summed E-state index contributed by atoms with van der Waals surface area (Å²) in [5.41, 5.74) is 0.0723. The van der Waals surface area contributed by atoms with E-state index in [-0.39, 0.29) is 10.6 Å². The van der Waals surface area contributed by atoms with Crippen LogP contribution in [-0.4, -0.2) is 22.5 Å². The molecular weight excluding hydrogens is 274 g/mol. The highest BCUT2D eigenvalue weighted by Gasteiger charge is 2.28. The topological polar surface area (TPSA) is 59.3 Å². The van der Waals surface area contributed by atoms with Crippen LogP contribution in [0.2, 0.25) is 0 Å². The Hall–Kier alpha value is -1.17. The van der Waals surface area contributed by atoms with Crippen LogP contribution in [0.5, 0.6) is 0 Å². The molecule has 0 radical (unpaired) electrons. The number of nitrogens with zero attached hydrogens (tertiary/aromatic N) is 3. The highest BCUT2D eigenvalue weighted by atomic mass is 79.9. The molecule has 0 amide bonds. The normalized spacial score (nSPS) is 20.1. The van der Waals surface area contributed by atoms with Crippen molar-refractivity contribution in [2.75, 3.05) is 11.4 Å². The molecule has 0 bridgehead atoms. The van der Waals surface area contributed by atoms with Crippen molar-refractivity contribution in [3.8, 4) is 0 Å². The fourth-order valence-electron chi connectivity index (χ4n) is 2.02. The smallest absolute Gasteiger partial charge is 0.312 e. The third-order valence-corrected chi connectivity index (χ3v) is 3.27. The van der Waals surface area contributed by atoms with Gasteiger partial charge in [0.2, 0.25) is 5.82 Å². The van der Waals surface area contributed by atoms with Crippen LogP contribution in [0.4, 0.5) is 11.5 Å². The van der Waals surface area contributed by atoms with Crippen molar-refractivity contribution < 1.29 is 4.92 Å². The van der Waals surface area contributed by atoms with Gasteiger partial charge in [-0.2, -0.15) is 0 Å². The fraction of sp³-hybridized carbons (Fsp3) is 0.500. The lowest BCUT2D eigenvalue weighted by atomic mass is 10.2. The van der Waals surface area contributed by atoms with Gasteiger partial charge in [-0.1, -0.05) is 0 Å². The lowest BCUT2D eigenvalue weighted by Crippen LogP contribution is -2.27. The number of hydrogen-bond acceptors (Lipinski definition) is 4. The van der Waals surface area contributed by atoms with E-state index in [4.69, 9.17) is 0 Å². The lowest BCUT2D eigenvalue weighted by Gasteiger charge is -2.21. The minimum atomic E-state index is -0.377. The van der Waals surface area contributed by atoms with E-state index in [0.29, 0.717) is 16.3 Å². The molecule has 1 fully saturated rings. The molecule has 1 aromatic heterocycles. The number of hydrogen-bond donors (Lipinski definition) is 0. The molecule has 1 atom stereocenters. The number of rotatable bonds is 2. The number of nitro groups is 1. The maximum absolute atomic E-state index is 11.0. The van der Waals surface area contributed by atoms with Gasteiger partial charge >= 0.3 is 5.69 Å². The number of anilines is 1. The largest absolute Gasteiger partial charge is 0.348 e. The Morgan fingerprint density at radius 1 is 1.69 bits per heavy atom. The van der Waals surface area contributed by atoms with Crippen molar-refractivity contribution in [3.05, 3.63) is 26.9 Å². The van der Waals surface area contributed by atoms with Gasteiger partial charge in [0.05, 0.1) is 4.92 Å². The quantitative estimate of drug-likeness (QED) is 0.619. The first-order valence-corrected chi connectivity index (χ1v) is 5.95. The SMILES string of the molecule is C[C@@H]1CCCN1c1ncc(Br)cc1[N+](=O)[O-]. The molecular formula is C10H12BrN3O2. The average Bonchev–Trinajstić information content (AvgIpc) is 2.64. The number of halogens is 1. The van der Waals surface area contributed by atoms with Crippen molar-refractivity contribution in [1.29, 1.82) is 0 Å². The number of pyridine rings is 1. The minimum absolute atomic E-state index is 0.0723. The van der Waals surface area contributed by atoms with Gasteiger partial charge in [-0.3, -0.25) is 10.1 Å². The molecule has 2 heterocycles. The van der Waals surface area contributed by atoms with Crippen molar-refractivity contribution >= 4 is 27.4 Å². The molecule has 1 aliphatic rings. The molecule has 1 aromatic rings. The predicted octanol–water partition coefficient (Wildman–Crippen LogP) is 2.74. The lowest BCUT2D eigenvalue weighted by molar-refractivity contribution is -0.384. The van der Waals surface area contributed by atoms with E-state index in [9.17, 15) is 10.1 Å². The summed E-state index contributed by atoms with van der Waals surface area (Å²) in [6.45, 7) is 2.91. The second-order valence-corrected chi connectivity index (χ2v) is 4.85. The summed E-state index contributed by atoms with van der Waals surface area (Å²) in [6, 6.07) is 1.83. The van der Waals surface area contributed by atoms with Gasteiger partial charge in [-0.15, -0.1) is 0 Å². The predicted molar refractivity (Wildman–Crippen MR) is 64.6 cm³/mol. The maximum atomic E-state index is 11.0. The minimum Gasteiger partial charge on any atom is -0.348 e. The average molecular weight is 286 g/mol. The summed E-state index contributed by atoms with van der Waals surface area (Å²) in [4.78, 5) is 16.8. The van der Waals surface area contributed by atoms with Gasteiger partial charge in [0.1, 0.15) is 0 Å². The first-order valence-electron chi connectivity index (χ1n) is 5.16. The second-order valence-electron chi connectivity index (χ2n) is 3.94. The molecule has 0 N–H and O–H groups in total. The summed E-state index contributed by atoms with van der Waals surface area (Å²) < 4.78 is 0.634. The third-order valence-electron chi connectivity index (χ3n) is 2.84. The van der Waals surface area contributed by atoms with E-state index < -0.39 is 0 Å². The van der Waals surface area contributed by atoms with Crippen LogP contribution in [0.15, 0.2) is 16.7 Å². The van der Waals surface area contributed by atoms with Gasteiger partial charge < -0.3 is 4.90 Å². The van der Waals surface area contributed by atoms with Gasteiger partial charge in [0.25, 0.3) is 0 Å². The molecule has 0 aromatic carbocycles. The highest BCUT2D eigenvalue weighted by molar-refractivity contribution is 9.10. The van der Waals surface area contributed by atoms with E-state index in [0.717, 1.165) is 19.4 Å². The van der Waals surface area contributed by atoms with Crippen molar-refractivity contribution in [3.63, 3.8) is 0 Å². The number of aromatic nitrogens is 1. The highest BCUT2D eigenvalue weighted by Crippen LogP contribution is 2.32. The molecule has 5 nitrogen and oxygen atoms in total. The molecule has 2 rings (SSSR count). The Kier molecular flexibility index (Phi) is 3.09. The van der Waals surface area contributed by atoms with Crippen molar-refractivity contribution in [2.45, 2.75) is 25.8 Å². The molecule has 16 heavy (non-hydrogen) atoms. The Morgan fingerprint density at radius 3 is 3.00 bits per heavy atom. The van der Waals surface area contributed by atoms with Crippen LogP contribution < -0.4 is 4.90 Å². The second kappa shape index (κ2) is 4.37. The van der Waals surface area contributed by atoms with Crippen LogP contribution in [0.3, 0.4) is 0 Å². The van der Waals surface area contributed by atoms with Crippen LogP contribution in [0.1, 0.15) is 19.8 Å². The standard InChI is InChI=1S/C10H12BrN3O2/c1-7-3-2-4-13(7)10-9(14(15)16)5-8(11)6-12-10/h5-7H,2-4H2,1H3/t7-/m1/s1. The third kappa shape index (κ3) is 2.02. The summed E-state index contributed by atoms with van der Waals surface area (Å²) in [7, 11) is 0. The molecule has 0 saturated carbocycles. The van der Waals surface area contributed by atoms with E-state index in [2.05, 4.69) is 27.8 Å². The Bertz CT molecular complexity index is 425. The zero-order valence-electron chi connectivity index (χ0n) is 8.89. The molecule has 86 valence electrons. The molecule has 0 unspecified atom stereocenters. The van der Waals surface area contributed by atoms with E-state index in [1.807, 2.05) is 4.90 Å². The van der Waals surface area contributed by atoms with E-state index in [1.165, 1.54) is 6.07 Å². The van der Waals surface area contributed by atoms with Crippen LogP contribution in [0.25, 0.3) is 0 Å². The maximum Gasteiger partial charge on any atom is 0.312 e. The van der Waals surface area contributed by atoms with Crippen LogP contribution >= 0.6 is 15.9 Å². The van der Waals surface area contributed by atoms with Crippen LogP contribution in [0, 0.1) is 10.1 Å². The van der Waals surface area contributed by atoms with Crippen molar-refractivity contribution in [1.82, 2.24) is 4.98 Å². The molecule has 0 aliphatic carbocycles. The monoisotopic (exact) mass is 285 g/mol. The Labute approximate surface area is 102 Å². The molecule has 1 saturated heterocycles. The van der Waals surface area contributed by atoms with Gasteiger partial charge in [0, 0.05) is 29.3 Å². The van der Waals surface area contributed by atoms with E-state index >= 15 is 0 Å². The van der Waals surface area contributed by atoms with Gasteiger partial charge in [0.15, 0.2) is 0 Å². The molecule has 6 heteroatoms.